The predicted octanol–water partition coefficient (Wildman–Crippen LogP) is 7.38. The van der Waals surface area contributed by atoms with Crippen molar-refractivity contribution in [1.29, 1.82) is 0 Å². The van der Waals surface area contributed by atoms with Crippen LogP contribution in [0.15, 0.2) is 76.1 Å². The average molecular weight is 661 g/mol. The zero-order valence-electron chi connectivity index (χ0n) is 23.8. The molecule has 0 unspecified atom stereocenters. The second-order valence-corrected chi connectivity index (χ2v) is 15.5. The summed E-state index contributed by atoms with van der Waals surface area (Å²) < 4.78 is 42.8. The summed E-state index contributed by atoms with van der Waals surface area (Å²) >= 11 is 9.59. The molecule has 2 aliphatic heterocycles. The lowest BCUT2D eigenvalue weighted by Crippen LogP contribution is -2.54. The van der Waals surface area contributed by atoms with Gasteiger partial charge in [0.15, 0.2) is 0 Å². The first-order valence-corrected chi connectivity index (χ1v) is 16.3. The monoisotopic (exact) mass is 659 g/mol. The fraction of sp³-hybridized carbons (Fsp3) is 0.406. The Morgan fingerprint density at radius 1 is 1.07 bits per heavy atom. The number of fused-ring (bicyclic) bond motifs is 3. The quantitative estimate of drug-likeness (QED) is 0.309. The van der Waals surface area contributed by atoms with Gasteiger partial charge >= 0.3 is 0 Å². The van der Waals surface area contributed by atoms with Crippen LogP contribution in [0.25, 0.3) is 0 Å². The highest BCUT2D eigenvalue weighted by molar-refractivity contribution is 9.10. The Kier molecular flexibility index (Phi) is 8.09. The molecule has 2 aliphatic rings. The molecule has 41 heavy (non-hydrogen) atoms. The maximum absolute atomic E-state index is 13.8. The number of rotatable bonds is 5. The van der Waals surface area contributed by atoms with Crippen LogP contribution in [0.1, 0.15) is 63.8 Å². The molecule has 0 bridgehead atoms. The number of nitrogens with one attached hydrogen (secondary N) is 1. The summed E-state index contributed by atoms with van der Waals surface area (Å²) in [7, 11) is -4.08. The zero-order chi connectivity index (χ0) is 29.7. The maximum atomic E-state index is 13.8. The molecule has 218 valence electrons. The fourth-order valence-corrected chi connectivity index (χ4v) is 7.30. The molecule has 5 rings (SSSR count). The van der Waals surface area contributed by atoms with Crippen LogP contribution in [0.3, 0.4) is 0 Å². The van der Waals surface area contributed by atoms with E-state index >= 15 is 0 Å². The van der Waals surface area contributed by atoms with Gasteiger partial charge < -0.3 is 9.47 Å². The van der Waals surface area contributed by atoms with Crippen molar-refractivity contribution in [2.45, 2.75) is 75.6 Å². The van der Waals surface area contributed by atoms with Gasteiger partial charge in [0.2, 0.25) is 5.91 Å². The van der Waals surface area contributed by atoms with Crippen LogP contribution in [0.4, 0.5) is 0 Å². The van der Waals surface area contributed by atoms with Crippen LogP contribution in [0.2, 0.25) is 5.02 Å². The first-order chi connectivity index (χ1) is 19.1. The Balaban J connectivity index is 1.50. The molecule has 3 aromatic carbocycles. The summed E-state index contributed by atoms with van der Waals surface area (Å²) in [6.45, 7) is 10.5. The van der Waals surface area contributed by atoms with Crippen LogP contribution in [-0.2, 0) is 31.4 Å². The largest absolute Gasteiger partial charge is 0.487 e. The Morgan fingerprint density at radius 3 is 2.44 bits per heavy atom. The Labute approximate surface area is 256 Å². The number of ether oxygens (including phenoxy) is 2. The smallest absolute Gasteiger partial charge is 0.264 e. The number of carbonyl (C=O) groups excluding carboxylic acids is 1. The van der Waals surface area contributed by atoms with Crippen LogP contribution >= 0.6 is 27.5 Å². The summed E-state index contributed by atoms with van der Waals surface area (Å²) in [5.41, 5.74) is 2.31. The van der Waals surface area contributed by atoms with Gasteiger partial charge in [-0.3, -0.25) is 4.79 Å². The van der Waals surface area contributed by atoms with Gasteiger partial charge in [0.1, 0.15) is 11.4 Å². The molecule has 6 nitrogen and oxygen atoms in total. The van der Waals surface area contributed by atoms with Gasteiger partial charge in [-0.1, -0.05) is 72.6 Å². The zero-order valence-corrected chi connectivity index (χ0v) is 26.9. The highest BCUT2D eigenvalue weighted by atomic mass is 79.9. The molecular formula is C32H35BrClNO5S. The molecule has 9 heteroatoms. The van der Waals surface area contributed by atoms with Gasteiger partial charge in [0, 0.05) is 21.0 Å². The highest BCUT2D eigenvalue weighted by Crippen LogP contribution is 2.53. The molecular weight excluding hydrogens is 626 g/mol. The van der Waals surface area contributed by atoms with E-state index in [-0.39, 0.29) is 22.3 Å². The van der Waals surface area contributed by atoms with E-state index in [9.17, 15) is 13.2 Å². The van der Waals surface area contributed by atoms with E-state index in [0.717, 1.165) is 26.9 Å². The number of carbonyl (C=O) groups is 1. The Hall–Kier alpha value is -2.39. The number of amides is 1. The number of hydrogen-bond acceptors (Lipinski definition) is 5. The highest BCUT2D eigenvalue weighted by Gasteiger charge is 2.52. The third-order valence-electron chi connectivity index (χ3n) is 8.12. The van der Waals surface area contributed by atoms with Crippen molar-refractivity contribution in [3.05, 3.63) is 92.9 Å². The van der Waals surface area contributed by atoms with Crippen molar-refractivity contribution in [3.63, 3.8) is 0 Å². The minimum Gasteiger partial charge on any atom is -0.487 e. The normalized spacial score (nSPS) is 23.6. The van der Waals surface area contributed by atoms with Gasteiger partial charge in [-0.15, -0.1) is 0 Å². The van der Waals surface area contributed by atoms with Crippen molar-refractivity contribution < 1.29 is 22.7 Å². The van der Waals surface area contributed by atoms with Crippen molar-refractivity contribution in [2.24, 2.45) is 11.8 Å². The first kappa shape index (κ1) is 30.1. The van der Waals surface area contributed by atoms with E-state index in [1.54, 1.807) is 18.2 Å². The standard InChI is InChI=1S/C32H35BrClNO5S/c1-31(2,3)20-9-14-24-28(17-20)40-32(4,5)26-18-25(27(39-29(24)26)16-19-7-6-8-22(34)15-19)30(36)35-41(37,38)23-12-10-21(33)11-13-23/h6-15,17,25-27,29H,16,18H2,1-5H3,(H,35,36)/t25-,26-,27-,29+/m0/s1. The van der Waals surface area contributed by atoms with E-state index < -0.39 is 33.6 Å². The topological polar surface area (TPSA) is 81.7 Å². The maximum Gasteiger partial charge on any atom is 0.264 e. The van der Waals surface area contributed by atoms with Gasteiger partial charge in [-0.25, -0.2) is 13.1 Å². The van der Waals surface area contributed by atoms with Crippen molar-refractivity contribution in [3.8, 4) is 5.75 Å². The number of benzene rings is 3. The summed E-state index contributed by atoms with van der Waals surface area (Å²) in [5, 5.41) is 0.585. The molecule has 0 aliphatic carbocycles. The number of hydrogen-bond donors (Lipinski definition) is 1. The van der Waals surface area contributed by atoms with Gasteiger partial charge in [0.25, 0.3) is 10.0 Å². The Bertz CT molecular complexity index is 1570. The third-order valence-corrected chi connectivity index (χ3v) is 10.2. The number of sulfonamides is 1. The fourth-order valence-electron chi connectivity index (χ4n) is 5.79. The molecule has 0 spiro atoms. The van der Waals surface area contributed by atoms with Crippen LogP contribution in [0.5, 0.6) is 5.75 Å². The van der Waals surface area contributed by atoms with Crippen molar-refractivity contribution >= 4 is 43.5 Å². The molecule has 1 saturated heterocycles. The molecule has 1 amide bonds. The summed E-state index contributed by atoms with van der Waals surface area (Å²) in [4.78, 5) is 13.8. The van der Waals surface area contributed by atoms with E-state index in [0.29, 0.717) is 17.9 Å². The van der Waals surface area contributed by atoms with E-state index in [4.69, 9.17) is 21.1 Å². The molecule has 0 aromatic heterocycles. The van der Waals surface area contributed by atoms with Gasteiger partial charge in [-0.2, -0.15) is 0 Å². The lowest BCUT2D eigenvalue weighted by atomic mass is 9.70. The van der Waals surface area contributed by atoms with Crippen molar-refractivity contribution in [1.82, 2.24) is 4.72 Å². The van der Waals surface area contributed by atoms with E-state index in [2.05, 4.69) is 59.6 Å². The van der Waals surface area contributed by atoms with Gasteiger partial charge in [-0.05, 0) is 85.7 Å². The molecule has 3 aromatic rings. The third kappa shape index (κ3) is 6.36. The Morgan fingerprint density at radius 2 is 1.78 bits per heavy atom. The van der Waals surface area contributed by atoms with E-state index in [1.807, 2.05) is 32.0 Å². The second-order valence-electron chi connectivity index (χ2n) is 12.5. The molecule has 0 saturated carbocycles. The minimum absolute atomic E-state index is 0.0138. The number of halogens is 2. The molecule has 1 N–H and O–H groups in total. The van der Waals surface area contributed by atoms with Crippen LogP contribution in [-0.4, -0.2) is 26.0 Å². The van der Waals surface area contributed by atoms with Crippen LogP contribution in [0, 0.1) is 11.8 Å². The average Bonchev–Trinajstić information content (AvgIpc) is 2.87. The lowest BCUT2D eigenvalue weighted by Gasteiger charge is -2.51. The van der Waals surface area contributed by atoms with Gasteiger partial charge in [0.05, 0.1) is 23.0 Å². The van der Waals surface area contributed by atoms with Crippen LogP contribution < -0.4 is 9.46 Å². The summed E-state index contributed by atoms with van der Waals surface area (Å²) in [6, 6.07) is 19.9. The predicted molar refractivity (Wildman–Crippen MR) is 164 cm³/mol. The first-order valence-electron chi connectivity index (χ1n) is 13.7. The SMILES string of the molecule is CC(C)(C)c1ccc2c(c1)OC(C)(C)[C@H]1C[C@H](C(=O)NS(=O)(=O)c3ccc(Br)cc3)[C@H](Cc3cccc(Cl)c3)O[C@H]21. The molecule has 4 atom stereocenters. The lowest BCUT2D eigenvalue weighted by molar-refractivity contribution is -0.177. The van der Waals surface area contributed by atoms with E-state index in [1.165, 1.54) is 12.1 Å². The summed E-state index contributed by atoms with van der Waals surface area (Å²) in [6.07, 6.45) is -0.111. The molecule has 0 radical (unpaired) electrons. The minimum atomic E-state index is -4.08. The van der Waals surface area contributed by atoms with Crippen molar-refractivity contribution in [2.75, 3.05) is 0 Å². The molecule has 2 heterocycles. The summed E-state index contributed by atoms with van der Waals surface area (Å²) in [5.74, 6) is -0.732. The second kappa shape index (κ2) is 11.0. The molecule has 1 fully saturated rings.